The van der Waals surface area contributed by atoms with E-state index in [1.807, 2.05) is 0 Å². The number of piperidine rings is 1. The molecule has 2 rings (SSSR count). The Bertz CT molecular complexity index is 228. The summed E-state index contributed by atoms with van der Waals surface area (Å²) in [5.41, 5.74) is 0. The highest BCUT2D eigenvalue weighted by Gasteiger charge is 2.20. The fraction of sp³-hybridized carbons (Fsp3) is 0.929. The van der Waals surface area contributed by atoms with Crippen molar-refractivity contribution in [2.75, 3.05) is 19.6 Å². The van der Waals surface area contributed by atoms with Gasteiger partial charge in [-0.25, -0.2) is 0 Å². The highest BCUT2D eigenvalue weighted by molar-refractivity contribution is 5.76. The zero-order chi connectivity index (χ0) is 11.9. The summed E-state index contributed by atoms with van der Waals surface area (Å²) in [4.78, 5) is 14.3. The van der Waals surface area contributed by atoms with Gasteiger partial charge in [-0.05, 0) is 32.2 Å². The van der Waals surface area contributed by atoms with Crippen LogP contribution in [0.25, 0.3) is 0 Å². The minimum absolute atomic E-state index is 0.381. The van der Waals surface area contributed by atoms with E-state index in [2.05, 4.69) is 10.2 Å². The average Bonchev–Trinajstić information content (AvgIpc) is 2.29. The Hall–Kier alpha value is -0.570. The first-order chi connectivity index (χ1) is 8.36. The third kappa shape index (κ3) is 4.30. The topological polar surface area (TPSA) is 32.3 Å². The number of amides is 1. The maximum Gasteiger partial charge on any atom is 0.224 e. The normalized spacial score (nSPS) is 27.3. The van der Waals surface area contributed by atoms with Gasteiger partial charge in [0.25, 0.3) is 0 Å². The molecule has 0 aliphatic carbocycles. The molecule has 1 N–H and O–H groups in total. The third-order valence-corrected chi connectivity index (χ3v) is 4.04. The van der Waals surface area contributed by atoms with Crippen LogP contribution in [0.15, 0.2) is 0 Å². The molecule has 0 aromatic carbocycles. The maximum atomic E-state index is 12.2. The third-order valence-electron chi connectivity index (χ3n) is 4.04. The molecule has 0 saturated carbocycles. The van der Waals surface area contributed by atoms with E-state index in [1.165, 1.54) is 51.4 Å². The van der Waals surface area contributed by atoms with Crippen LogP contribution in [0.2, 0.25) is 0 Å². The van der Waals surface area contributed by atoms with Gasteiger partial charge in [-0.2, -0.15) is 0 Å². The summed E-state index contributed by atoms with van der Waals surface area (Å²) < 4.78 is 0. The van der Waals surface area contributed by atoms with Crippen molar-refractivity contribution in [2.45, 2.75) is 63.8 Å². The van der Waals surface area contributed by atoms with E-state index in [9.17, 15) is 4.79 Å². The molecule has 0 spiro atoms. The molecule has 2 aliphatic heterocycles. The van der Waals surface area contributed by atoms with Crippen molar-refractivity contribution in [3.05, 3.63) is 0 Å². The van der Waals surface area contributed by atoms with Crippen LogP contribution in [-0.4, -0.2) is 36.5 Å². The molecule has 1 unspecified atom stereocenters. The van der Waals surface area contributed by atoms with Crippen molar-refractivity contribution in [3.8, 4) is 0 Å². The van der Waals surface area contributed by atoms with E-state index in [0.717, 1.165) is 26.1 Å². The Labute approximate surface area is 105 Å². The summed E-state index contributed by atoms with van der Waals surface area (Å²) >= 11 is 0. The van der Waals surface area contributed by atoms with Crippen molar-refractivity contribution in [3.63, 3.8) is 0 Å². The zero-order valence-corrected chi connectivity index (χ0v) is 10.9. The van der Waals surface area contributed by atoms with Crippen molar-refractivity contribution in [1.29, 1.82) is 0 Å². The van der Waals surface area contributed by atoms with E-state index in [1.54, 1.807) is 0 Å². The molecular formula is C14H26N2O. The number of carbonyl (C=O) groups is 1. The predicted molar refractivity (Wildman–Crippen MR) is 69.9 cm³/mol. The second-order valence-electron chi connectivity index (χ2n) is 5.50. The highest BCUT2D eigenvalue weighted by Crippen LogP contribution is 2.15. The smallest absolute Gasteiger partial charge is 0.224 e. The van der Waals surface area contributed by atoms with Gasteiger partial charge in [0.1, 0.15) is 0 Å². The molecule has 0 aromatic heterocycles. The van der Waals surface area contributed by atoms with Gasteiger partial charge in [-0.3, -0.25) is 4.79 Å². The van der Waals surface area contributed by atoms with Crippen LogP contribution in [0.3, 0.4) is 0 Å². The van der Waals surface area contributed by atoms with Gasteiger partial charge >= 0.3 is 0 Å². The fourth-order valence-electron chi connectivity index (χ4n) is 2.93. The van der Waals surface area contributed by atoms with Gasteiger partial charge in [-0.1, -0.05) is 25.7 Å². The molecule has 3 heteroatoms. The number of nitrogens with zero attached hydrogens (tertiary/aromatic N) is 1. The number of hydrogen-bond donors (Lipinski definition) is 1. The van der Waals surface area contributed by atoms with Gasteiger partial charge in [0.15, 0.2) is 0 Å². The zero-order valence-electron chi connectivity index (χ0n) is 10.9. The van der Waals surface area contributed by atoms with Crippen LogP contribution in [0.1, 0.15) is 57.8 Å². The molecule has 1 atom stereocenters. The summed E-state index contributed by atoms with van der Waals surface area (Å²) in [6.07, 6.45) is 10.8. The van der Waals surface area contributed by atoms with Crippen molar-refractivity contribution in [1.82, 2.24) is 10.2 Å². The van der Waals surface area contributed by atoms with Crippen LogP contribution >= 0.6 is 0 Å². The van der Waals surface area contributed by atoms with Crippen LogP contribution in [-0.2, 0) is 4.79 Å². The van der Waals surface area contributed by atoms with E-state index >= 15 is 0 Å². The molecule has 17 heavy (non-hydrogen) atoms. The van der Waals surface area contributed by atoms with Crippen LogP contribution in [0.5, 0.6) is 0 Å². The summed E-state index contributed by atoms with van der Waals surface area (Å²) in [5.74, 6) is 0.381. The minimum atomic E-state index is 0.381. The second-order valence-corrected chi connectivity index (χ2v) is 5.50. The molecule has 0 bridgehead atoms. The Morgan fingerprint density at radius 1 is 1.00 bits per heavy atom. The molecule has 3 nitrogen and oxygen atoms in total. The van der Waals surface area contributed by atoms with Gasteiger partial charge in [0, 0.05) is 25.6 Å². The maximum absolute atomic E-state index is 12.2. The molecule has 98 valence electrons. The van der Waals surface area contributed by atoms with Crippen LogP contribution in [0.4, 0.5) is 0 Å². The molecular weight excluding hydrogens is 212 g/mol. The molecule has 2 saturated heterocycles. The second kappa shape index (κ2) is 7.00. The van der Waals surface area contributed by atoms with E-state index in [0.29, 0.717) is 11.9 Å². The summed E-state index contributed by atoms with van der Waals surface area (Å²) in [7, 11) is 0. The first-order valence-electron chi connectivity index (χ1n) is 7.37. The quantitative estimate of drug-likeness (QED) is 0.800. The van der Waals surface area contributed by atoms with Crippen molar-refractivity contribution < 1.29 is 4.79 Å². The van der Waals surface area contributed by atoms with E-state index < -0.39 is 0 Å². The number of carbonyl (C=O) groups excluding carboxylic acids is 1. The standard InChI is InChI=1S/C14H26N2O/c17-14(12-13-8-4-5-9-15-13)16-10-6-2-1-3-7-11-16/h13,15H,1-12H2. The number of rotatable bonds is 2. The number of nitrogens with one attached hydrogen (secondary N) is 1. The lowest BCUT2D eigenvalue weighted by atomic mass is 10.0. The molecule has 1 amide bonds. The first kappa shape index (κ1) is 12.9. The van der Waals surface area contributed by atoms with Gasteiger partial charge in [-0.15, -0.1) is 0 Å². The van der Waals surface area contributed by atoms with Crippen molar-refractivity contribution >= 4 is 5.91 Å². The number of hydrogen-bond acceptors (Lipinski definition) is 2. The lowest BCUT2D eigenvalue weighted by Gasteiger charge is -2.28. The van der Waals surface area contributed by atoms with Gasteiger partial charge < -0.3 is 10.2 Å². The lowest BCUT2D eigenvalue weighted by Crippen LogP contribution is -2.41. The summed E-state index contributed by atoms with van der Waals surface area (Å²) in [6, 6.07) is 0.446. The summed E-state index contributed by atoms with van der Waals surface area (Å²) in [6.45, 7) is 3.08. The Kier molecular flexibility index (Phi) is 5.30. The molecule has 0 aromatic rings. The largest absolute Gasteiger partial charge is 0.343 e. The first-order valence-corrected chi connectivity index (χ1v) is 7.37. The molecule has 2 aliphatic rings. The van der Waals surface area contributed by atoms with E-state index in [-0.39, 0.29) is 0 Å². The Balaban J connectivity index is 1.76. The Morgan fingerprint density at radius 3 is 2.35 bits per heavy atom. The van der Waals surface area contributed by atoms with Gasteiger partial charge in [0.2, 0.25) is 5.91 Å². The van der Waals surface area contributed by atoms with Crippen LogP contribution in [0, 0.1) is 0 Å². The predicted octanol–water partition coefficient (Wildman–Crippen LogP) is 2.31. The van der Waals surface area contributed by atoms with Crippen molar-refractivity contribution in [2.24, 2.45) is 0 Å². The van der Waals surface area contributed by atoms with Crippen LogP contribution < -0.4 is 5.32 Å². The minimum Gasteiger partial charge on any atom is -0.343 e. The molecule has 2 heterocycles. The average molecular weight is 238 g/mol. The Morgan fingerprint density at radius 2 is 1.71 bits per heavy atom. The number of likely N-dealkylation sites (tertiary alicyclic amines) is 1. The fourth-order valence-corrected chi connectivity index (χ4v) is 2.93. The SMILES string of the molecule is O=C(CC1CCCCN1)N1CCCCCCC1. The molecule has 2 fully saturated rings. The van der Waals surface area contributed by atoms with E-state index in [4.69, 9.17) is 0 Å². The highest BCUT2D eigenvalue weighted by atomic mass is 16.2. The lowest BCUT2D eigenvalue weighted by molar-refractivity contribution is -0.132. The monoisotopic (exact) mass is 238 g/mol. The summed E-state index contributed by atoms with van der Waals surface area (Å²) in [5, 5.41) is 3.47. The molecule has 0 radical (unpaired) electrons. The van der Waals surface area contributed by atoms with Gasteiger partial charge in [0.05, 0.1) is 0 Å².